The van der Waals surface area contributed by atoms with E-state index in [1.54, 1.807) is 4.90 Å². The predicted octanol–water partition coefficient (Wildman–Crippen LogP) is 1.52. The second-order valence-electron chi connectivity index (χ2n) is 5.56. The maximum Gasteiger partial charge on any atom is 0.410 e. The van der Waals surface area contributed by atoms with Gasteiger partial charge in [0.15, 0.2) is 0 Å². The molecule has 0 aromatic rings. The van der Waals surface area contributed by atoms with E-state index in [0.717, 1.165) is 6.42 Å². The van der Waals surface area contributed by atoms with Crippen LogP contribution in [0, 0.1) is 0 Å². The van der Waals surface area contributed by atoms with Gasteiger partial charge in [-0.05, 0) is 40.0 Å². The lowest BCUT2D eigenvalue weighted by atomic mass is 9.78. The van der Waals surface area contributed by atoms with Gasteiger partial charge in [-0.2, -0.15) is 0 Å². The van der Waals surface area contributed by atoms with Crippen LogP contribution in [0.15, 0.2) is 0 Å². The first-order valence-electron chi connectivity index (χ1n) is 5.56. The molecule has 4 nitrogen and oxygen atoms in total. The molecule has 1 amide bonds. The second-order valence-corrected chi connectivity index (χ2v) is 5.56. The van der Waals surface area contributed by atoms with E-state index in [4.69, 9.17) is 4.74 Å². The first kappa shape index (κ1) is 10.7. The lowest BCUT2D eigenvalue weighted by Gasteiger charge is -2.53. The summed E-state index contributed by atoms with van der Waals surface area (Å²) in [5.41, 5.74) is -0.431. The van der Waals surface area contributed by atoms with E-state index in [9.17, 15) is 9.90 Å². The molecule has 0 spiro atoms. The molecule has 1 unspecified atom stereocenters. The topological polar surface area (TPSA) is 49.8 Å². The largest absolute Gasteiger partial charge is 0.444 e. The van der Waals surface area contributed by atoms with Crippen LogP contribution in [-0.4, -0.2) is 39.9 Å². The zero-order valence-corrected chi connectivity index (χ0v) is 9.56. The Bertz CT molecular complexity index is 259. The van der Waals surface area contributed by atoms with Crippen molar-refractivity contribution in [3.05, 3.63) is 0 Å². The van der Waals surface area contributed by atoms with Crippen LogP contribution in [-0.2, 0) is 4.74 Å². The third-order valence-corrected chi connectivity index (χ3v) is 3.02. The van der Waals surface area contributed by atoms with Gasteiger partial charge in [0.05, 0.1) is 6.10 Å². The molecule has 2 saturated heterocycles. The van der Waals surface area contributed by atoms with Crippen LogP contribution in [0.5, 0.6) is 0 Å². The van der Waals surface area contributed by atoms with E-state index in [0.29, 0.717) is 12.8 Å². The molecule has 3 atom stereocenters. The minimum atomic E-state index is -0.431. The van der Waals surface area contributed by atoms with Crippen molar-refractivity contribution in [1.82, 2.24) is 4.90 Å². The lowest BCUT2D eigenvalue weighted by molar-refractivity contribution is -0.0845. The quantitative estimate of drug-likeness (QED) is 0.663. The fourth-order valence-corrected chi connectivity index (χ4v) is 2.46. The molecule has 1 saturated carbocycles. The number of piperidine rings is 1. The molecule has 2 heterocycles. The molecule has 3 rings (SSSR count). The van der Waals surface area contributed by atoms with Crippen LogP contribution >= 0.6 is 0 Å². The highest BCUT2D eigenvalue weighted by atomic mass is 16.6. The number of nitrogens with zero attached hydrogens (tertiary/aromatic N) is 1. The van der Waals surface area contributed by atoms with Crippen molar-refractivity contribution < 1.29 is 14.6 Å². The molecule has 0 aromatic carbocycles. The first-order valence-corrected chi connectivity index (χ1v) is 5.56. The molecule has 1 aliphatic carbocycles. The summed E-state index contributed by atoms with van der Waals surface area (Å²) in [5.74, 6) is 0. The van der Waals surface area contributed by atoms with Gasteiger partial charge >= 0.3 is 6.09 Å². The monoisotopic (exact) mass is 213 g/mol. The Hall–Kier alpha value is -0.770. The van der Waals surface area contributed by atoms with E-state index >= 15 is 0 Å². The number of ether oxygens (including phenoxy) is 1. The van der Waals surface area contributed by atoms with Gasteiger partial charge in [0.25, 0.3) is 0 Å². The maximum absolute atomic E-state index is 11.8. The highest BCUT2D eigenvalue weighted by Crippen LogP contribution is 2.39. The van der Waals surface area contributed by atoms with Crippen LogP contribution in [0.1, 0.15) is 40.0 Å². The molecule has 15 heavy (non-hydrogen) atoms. The molecular formula is C11H19NO3. The highest BCUT2D eigenvalue weighted by Gasteiger charge is 2.48. The minimum Gasteiger partial charge on any atom is -0.444 e. The average Bonchev–Trinajstić information content (AvgIpc) is 1.98. The summed E-state index contributed by atoms with van der Waals surface area (Å²) in [6, 6.07) is 0.405. The van der Waals surface area contributed by atoms with Gasteiger partial charge in [0.1, 0.15) is 5.60 Å². The molecule has 3 aliphatic rings. The Kier molecular flexibility index (Phi) is 2.41. The Balaban J connectivity index is 1.94. The number of hydrogen-bond acceptors (Lipinski definition) is 3. The van der Waals surface area contributed by atoms with Crippen LogP contribution in [0.3, 0.4) is 0 Å². The number of aliphatic hydroxyl groups excluding tert-OH is 1. The predicted molar refractivity (Wildman–Crippen MR) is 55.5 cm³/mol. The van der Waals surface area contributed by atoms with Crippen LogP contribution in [0.2, 0.25) is 0 Å². The van der Waals surface area contributed by atoms with Gasteiger partial charge in [-0.25, -0.2) is 4.79 Å². The van der Waals surface area contributed by atoms with Gasteiger partial charge in [0, 0.05) is 12.1 Å². The minimum absolute atomic E-state index is 0.202. The number of rotatable bonds is 0. The van der Waals surface area contributed by atoms with Gasteiger partial charge < -0.3 is 14.7 Å². The summed E-state index contributed by atoms with van der Waals surface area (Å²) in [4.78, 5) is 13.6. The normalized spacial score (nSPS) is 34.7. The Labute approximate surface area is 90.2 Å². The molecule has 4 heteroatoms. The fraction of sp³-hybridized carbons (Fsp3) is 0.909. The van der Waals surface area contributed by atoms with E-state index < -0.39 is 5.60 Å². The smallest absolute Gasteiger partial charge is 0.410 e. The van der Waals surface area contributed by atoms with Gasteiger partial charge in [-0.3, -0.25) is 0 Å². The van der Waals surface area contributed by atoms with E-state index in [-0.39, 0.29) is 24.3 Å². The first-order chi connectivity index (χ1) is 6.87. The number of hydrogen-bond donors (Lipinski definition) is 1. The molecule has 2 bridgehead atoms. The Morgan fingerprint density at radius 3 is 2.27 bits per heavy atom. The molecule has 0 radical (unpaired) electrons. The van der Waals surface area contributed by atoms with Crippen molar-refractivity contribution in [1.29, 1.82) is 0 Å². The van der Waals surface area contributed by atoms with E-state index in [2.05, 4.69) is 0 Å². The van der Waals surface area contributed by atoms with Gasteiger partial charge in [-0.15, -0.1) is 0 Å². The number of aliphatic hydroxyl groups is 1. The lowest BCUT2D eigenvalue weighted by Crippen LogP contribution is -2.64. The van der Waals surface area contributed by atoms with E-state index in [1.165, 1.54) is 0 Å². The molecular weight excluding hydrogens is 194 g/mol. The van der Waals surface area contributed by atoms with Crippen molar-refractivity contribution >= 4 is 6.09 Å². The molecule has 3 fully saturated rings. The summed E-state index contributed by atoms with van der Waals surface area (Å²) in [6.45, 7) is 5.61. The van der Waals surface area contributed by atoms with Crippen LogP contribution in [0.4, 0.5) is 4.79 Å². The van der Waals surface area contributed by atoms with Crippen LogP contribution in [0.25, 0.3) is 0 Å². The van der Waals surface area contributed by atoms with Gasteiger partial charge in [-0.1, -0.05) is 0 Å². The van der Waals surface area contributed by atoms with Crippen molar-refractivity contribution in [2.45, 2.75) is 63.8 Å². The zero-order valence-electron chi connectivity index (χ0n) is 9.56. The van der Waals surface area contributed by atoms with Crippen molar-refractivity contribution in [2.24, 2.45) is 0 Å². The Morgan fingerprint density at radius 2 is 1.80 bits per heavy atom. The Morgan fingerprint density at radius 1 is 1.27 bits per heavy atom. The van der Waals surface area contributed by atoms with Crippen molar-refractivity contribution in [3.8, 4) is 0 Å². The highest BCUT2D eigenvalue weighted by molar-refractivity contribution is 5.70. The number of fused-ring (bicyclic) bond motifs is 2. The molecule has 2 aliphatic heterocycles. The number of carbonyl (C=O) groups excluding carboxylic acids is 1. The number of amides is 1. The molecule has 1 N–H and O–H groups in total. The van der Waals surface area contributed by atoms with E-state index in [1.807, 2.05) is 20.8 Å². The third kappa shape index (κ3) is 2.09. The average molecular weight is 213 g/mol. The summed E-state index contributed by atoms with van der Waals surface area (Å²) < 4.78 is 5.32. The fourth-order valence-electron chi connectivity index (χ4n) is 2.46. The molecule has 0 aromatic heterocycles. The van der Waals surface area contributed by atoms with Crippen molar-refractivity contribution in [3.63, 3.8) is 0 Å². The standard InChI is InChI=1S/C11H19NO3/c1-11(2,3)15-10(14)12-7-4-8(12)6-9(13)5-7/h7-9,13H,4-6H2,1-3H3/t7-,8+,9?. The number of carbonyl (C=O) groups is 1. The summed E-state index contributed by atoms with van der Waals surface area (Å²) in [7, 11) is 0. The summed E-state index contributed by atoms with van der Waals surface area (Å²) in [6.07, 6.45) is 1.98. The zero-order chi connectivity index (χ0) is 11.2. The third-order valence-electron chi connectivity index (χ3n) is 3.02. The summed E-state index contributed by atoms with van der Waals surface area (Å²) in [5, 5.41) is 9.46. The second kappa shape index (κ2) is 3.37. The van der Waals surface area contributed by atoms with Crippen LogP contribution < -0.4 is 0 Å². The van der Waals surface area contributed by atoms with Crippen molar-refractivity contribution in [2.75, 3.05) is 0 Å². The maximum atomic E-state index is 11.8. The summed E-state index contributed by atoms with van der Waals surface area (Å²) >= 11 is 0. The molecule has 86 valence electrons. The SMILES string of the molecule is CC(C)(C)OC(=O)N1[C@@H]2CC(O)C[C@H]1C2. The van der Waals surface area contributed by atoms with Gasteiger partial charge in [0.2, 0.25) is 0 Å².